The Balaban J connectivity index is 2.83. The largest absolute Gasteiger partial charge is 0.488 e. The monoisotopic (exact) mass is 247 g/mol. The molecule has 1 rings (SSSR count). The summed E-state index contributed by atoms with van der Waals surface area (Å²) in [6.07, 6.45) is 0.0695. The number of amides is 1. The Morgan fingerprint density at radius 2 is 2.19 bits per heavy atom. The average Bonchev–Trinajstić information content (AvgIpc) is 2.15. The molecule has 0 saturated heterocycles. The van der Waals surface area contributed by atoms with Crippen LogP contribution in [0.25, 0.3) is 0 Å². The minimum absolute atomic E-state index is 0.0695. The summed E-state index contributed by atoms with van der Waals surface area (Å²) in [6.45, 7) is 0. The molecule has 0 atom stereocenters. The highest BCUT2D eigenvalue weighted by Gasteiger charge is 2.10. The SMILES string of the molecule is CNC(=O)Cc1cccc(OS(=O)(=O)F)c1. The molecule has 1 amide bonds. The Bertz CT molecular complexity index is 486. The molecule has 5 nitrogen and oxygen atoms in total. The third-order valence-corrected chi connectivity index (χ3v) is 2.13. The maximum absolute atomic E-state index is 12.2. The number of carbonyl (C=O) groups excluding carboxylic acids is 1. The van der Waals surface area contributed by atoms with Crippen LogP contribution in [0.5, 0.6) is 5.75 Å². The van der Waals surface area contributed by atoms with Gasteiger partial charge in [0.05, 0.1) is 6.42 Å². The maximum atomic E-state index is 12.2. The smallest absolute Gasteiger partial charge is 0.359 e. The number of halogens is 1. The molecule has 7 heteroatoms. The second-order valence-electron chi connectivity index (χ2n) is 2.97. The summed E-state index contributed by atoms with van der Waals surface area (Å²) in [7, 11) is -3.55. The van der Waals surface area contributed by atoms with Crippen molar-refractivity contribution < 1.29 is 21.3 Å². The number of nitrogens with one attached hydrogen (secondary N) is 1. The fourth-order valence-corrected chi connectivity index (χ4v) is 1.43. The lowest BCUT2D eigenvalue weighted by Gasteiger charge is -2.03. The molecule has 0 aliphatic carbocycles. The van der Waals surface area contributed by atoms with Crippen LogP contribution in [0.15, 0.2) is 24.3 Å². The van der Waals surface area contributed by atoms with E-state index in [1.165, 1.54) is 25.2 Å². The average molecular weight is 247 g/mol. The summed E-state index contributed by atoms with van der Waals surface area (Å²) in [4.78, 5) is 11.0. The van der Waals surface area contributed by atoms with Crippen molar-refractivity contribution in [3.05, 3.63) is 29.8 Å². The molecular formula is C9H10FNO4S. The normalized spacial score (nSPS) is 10.9. The number of likely N-dealkylation sites (N-methyl/N-ethyl adjacent to an activating group) is 1. The first-order valence-corrected chi connectivity index (χ1v) is 5.65. The van der Waals surface area contributed by atoms with E-state index in [2.05, 4.69) is 9.50 Å². The van der Waals surface area contributed by atoms with Crippen molar-refractivity contribution in [3.63, 3.8) is 0 Å². The fourth-order valence-electron chi connectivity index (χ4n) is 1.10. The van der Waals surface area contributed by atoms with Gasteiger partial charge >= 0.3 is 10.5 Å². The molecular weight excluding hydrogens is 237 g/mol. The number of rotatable bonds is 4. The van der Waals surface area contributed by atoms with Crippen LogP contribution in [0.1, 0.15) is 5.56 Å². The number of hydrogen-bond donors (Lipinski definition) is 1. The molecule has 0 aromatic heterocycles. The van der Waals surface area contributed by atoms with Crippen molar-refractivity contribution >= 4 is 16.4 Å². The van der Waals surface area contributed by atoms with Gasteiger partial charge in [0.2, 0.25) is 5.91 Å². The topological polar surface area (TPSA) is 72.5 Å². The van der Waals surface area contributed by atoms with Gasteiger partial charge in [0.1, 0.15) is 5.75 Å². The van der Waals surface area contributed by atoms with E-state index in [-0.39, 0.29) is 18.1 Å². The second-order valence-corrected chi connectivity index (χ2v) is 3.93. The van der Waals surface area contributed by atoms with Crippen LogP contribution in [0.3, 0.4) is 0 Å². The van der Waals surface area contributed by atoms with Gasteiger partial charge in [-0.3, -0.25) is 4.79 Å². The molecule has 0 radical (unpaired) electrons. The van der Waals surface area contributed by atoms with Crippen LogP contribution < -0.4 is 9.50 Å². The van der Waals surface area contributed by atoms with E-state index in [0.29, 0.717) is 5.56 Å². The fraction of sp³-hybridized carbons (Fsp3) is 0.222. The van der Waals surface area contributed by atoms with E-state index in [9.17, 15) is 17.1 Å². The van der Waals surface area contributed by atoms with Gasteiger partial charge in [0, 0.05) is 7.05 Å². The van der Waals surface area contributed by atoms with Gasteiger partial charge in [0.25, 0.3) is 0 Å². The molecule has 16 heavy (non-hydrogen) atoms. The van der Waals surface area contributed by atoms with Crippen LogP contribution in [0, 0.1) is 0 Å². The molecule has 0 spiro atoms. The Kier molecular flexibility index (Phi) is 3.83. The first kappa shape index (κ1) is 12.4. The standard InChI is InChI=1S/C9H10FNO4S/c1-11-9(12)6-7-3-2-4-8(5-7)15-16(10,13)14/h2-5H,6H2,1H3,(H,11,12). The summed E-state index contributed by atoms with van der Waals surface area (Å²) in [5.41, 5.74) is 0.528. The summed E-state index contributed by atoms with van der Waals surface area (Å²) in [5.74, 6) is -0.399. The molecule has 0 heterocycles. The van der Waals surface area contributed by atoms with Crippen molar-refractivity contribution in [2.75, 3.05) is 7.05 Å². The molecule has 0 aliphatic rings. The minimum atomic E-state index is -5.03. The van der Waals surface area contributed by atoms with Gasteiger partial charge in [-0.25, -0.2) is 0 Å². The minimum Gasteiger partial charge on any atom is -0.359 e. The van der Waals surface area contributed by atoms with Crippen LogP contribution >= 0.6 is 0 Å². The molecule has 1 aromatic carbocycles. The third-order valence-electron chi connectivity index (χ3n) is 1.74. The lowest BCUT2D eigenvalue weighted by atomic mass is 10.1. The van der Waals surface area contributed by atoms with Crippen LogP contribution in [-0.4, -0.2) is 21.4 Å². The number of carbonyl (C=O) groups is 1. The summed E-state index contributed by atoms with van der Waals surface area (Å²) in [6, 6.07) is 5.64. The van der Waals surface area contributed by atoms with Gasteiger partial charge in [0.15, 0.2) is 0 Å². The van der Waals surface area contributed by atoms with Gasteiger partial charge < -0.3 is 9.50 Å². The first-order chi connectivity index (χ1) is 7.40. The predicted octanol–water partition coefficient (Wildman–Crippen LogP) is 0.568. The van der Waals surface area contributed by atoms with Crippen molar-refractivity contribution in [2.24, 2.45) is 0 Å². The van der Waals surface area contributed by atoms with Gasteiger partial charge in [-0.15, -0.1) is 0 Å². The highest BCUT2D eigenvalue weighted by molar-refractivity contribution is 7.81. The van der Waals surface area contributed by atoms with Crippen LogP contribution in [0.4, 0.5) is 3.89 Å². The maximum Gasteiger partial charge on any atom is 0.488 e. The zero-order chi connectivity index (χ0) is 12.2. The highest BCUT2D eigenvalue weighted by Crippen LogP contribution is 2.16. The van der Waals surface area contributed by atoms with E-state index >= 15 is 0 Å². The number of hydrogen-bond acceptors (Lipinski definition) is 4. The Hall–Kier alpha value is -1.63. The Labute approximate surface area is 92.6 Å². The lowest BCUT2D eigenvalue weighted by molar-refractivity contribution is -0.119. The Morgan fingerprint density at radius 3 is 2.75 bits per heavy atom. The van der Waals surface area contributed by atoms with E-state index < -0.39 is 10.5 Å². The zero-order valence-corrected chi connectivity index (χ0v) is 9.25. The van der Waals surface area contributed by atoms with Crippen molar-refractivity contribution in [1.29, 1.82) is 0 Å². The number of benzene rings is 1. The van der Waals surface area contributed by atoms with Gasteiger partial charge in [-0.05, 0) is 17.7 Å². The lowest BCUT2D eigenvalue weighted by Crippen LogP contribution is -2.19. The van der Waals surface area contributed by atoms with Crippen molar-refractivity contribution in [1.82, 2.24) is 5.32 Å². The van der Waals surface area contributed by atoms with E-state index in [4.69, 9.17) is 0 Å². The molecule has 0 bridgehead atoms. The summed E-state index contributed by atoms with van der Waals surface area (Å²) >= 11 is 0. The molecule has 0 aliphatic heterocycles. The van der Waals surface area contributed by atoms with E-state index in [1.807, 2.05) is 0 Å². The predicted molar refractivity (Wildman–Crippen MR) is 54.9 cm³/mol. The summed E-state index contributed by atoms with van der Waals surface area (Å²) in [5, 5.41) is 2.41. The van der Waals surface area contributed by atoms with E-state index in [0.717, 1.165) is 0 Å². The van der Waals surface area contributed by atoms with Crippen LogP contribution in [-0.2, 0) is 21.7 Å². The molecule has 0 fully saturated rings. The van der Waals surface area contributed by atoms with Crippen LogP contribution in [0.2, 0.25) is 0 Å². The molecule has 1 N–H and O–H groups in total. The second kappa shape index (κ2) is 4.93. The molecule has 88 valence electrons. The molecule has 0 unspecified atom stereocenters. The van der Waals surface area contributed by atoms with Gasteiger partial charge in [-0.1, -0.05) is 16.0 Å². The third kappa shape index (κ3) is 4.26. The van der Waals surface area contributed by atoms with Gasteiger partial charge in [-0.2, -0.15) is 8.42 Å². The van der Waals surface area contributed by atoms with Crippen molar-refractivity contribution in [2.45, 2.75) is 6.42 Å². The zero-order valence-electron chi connectivity index (χ0n) is 8.44. The quantitative estimate of drug-likeness (QED) is 0.789. The van der Waals surface area contributed by atoms with Crippen molar-refractivity contribution in [3.8, 4) is 5.75 Å². The molecule has 1 aromatic rings. The molecule has 0 saturated carbocycles. The Morgan fingerprint density at radius 1 is 1.50 bits per heavy atom. The first-order valence-electron chi connectivity index (χ1n) is 4.34. The summed E-state index contributed by atoms with van der Waals surface area (Å²) < 4.78 is 36.7. The van der Waals surface area contributed by atoms with E-state index in [1.54, 1.807) is 6.07 Å². The highest BCUT2D eigenvalue weighted by atomic mass is 32.3.